The zero-order chi connectivity index (χ0) is 19.3. The van der Waals surface area contributed by atoms with Crippen LogP contribution >= 0.6 is 11.3 Å². The first kappa shape index (κ1) is 17.9. The van der Waals surface area contributed by atoms with E-state index >= 15 is 0 Å². The molecule has 2 atom stereocenters. The van der Waals surface area contributed by atoms with Crippen molar-refractivity contribution in [2.75, 3.05) is 11.9 Å². The van der Waals surface area contributed by atoms with E-state index in [0.717, 1.165) is 35.1 Å². The third-order valence-corrected chi connectivity index (χ3v) is 8.05. The Hall–Kier alpha value is -2.14. The molecule has 0 radical (unpaired) electrons. The minimum Gasteiger partial charge on any atom is -0.462 e. The van der Waals surface area contributed by atoms with Crippen LogP contribution in [-0.2, 0) is 9.53 Å². The van der Waals surface area contributed by atoms with Crippen LogP contribution in [0.2, 0.25) is 0 Å². The number of hydrogen-bond acceptors (Lipinski definition) is 4. The van der Waals surface area contributed by atoms with E-state index in [2.05, 4.69) is 5.32 Å². The van der Waals surface area contributed by atoms with E-state index in [-0.39, 0.29) is 17.3 Å². The molecule has 0 spiro atoms. The van der Waals surface area contributed by atoms with Gasteiger partial charge in [0.1, 0.15) is 5.00 Å². The summed E-state index contributed by atoms with van der Waals surface area (Å²) in [6.07, 6.45) is 5.75. The number of carbonyl (C=O) groups excluding carboxylic acids is 2. The number of nitrogens with one attached hydrogen (secondary N) is 1. The van der Waals surface area contributed by atoms with Gasteiger partial charge >= 0.3 is 5.97 Å². The predicted molar refractivity (Wildman–Crippen MR) is 110 cm³/mol. The Morgan fingerprint density at radius 1 is 1.14 bits per heavy atom. The fourth-order valence-corrected chi connectivity index (χ4v) is 7.03. The third kappa shape index (κ3) is 2.79. The van der Waals surface area contributed by atoms with Gasteiger partial charge in [0, 0.05) is 4.88 Å². The molecule has 4 fully saturated rings. The number of ether oxygens (including phenoxy) is 1. The first-order chi connectivity index (χ1) is 13.6. The van der Waals surface area contributed by atoms with Gasteiger partial charge in [0.2, 0.25) is 5.91 Å². The van der Waals surface area contributed by atoms with Crippen LogP contribution in [0.5, 0.6) is 0 Å². The van der Waals surface area contributed by atoms with Crippen LogP contribution in [0.1, 0.15) is 49.4 Å². The predicted octanol–water partition coefficient (Wildman–Crippen LogP) is 5.36. The first-order valence-electron chi connectivity index (χ1n) is 10.3. The zero-order valence-electron chi connectivity index (χ0n) is 16.1. The molecule has 6 rings (SSSR count). The van der Waals surface area contributed by atoms with E-state index in [1.54, 1.807) is 6.92 Å². The molecule has 1 N–H and O–H groups in total. The highest BCUT2D eigenvalue weighted by molar-refractivity contribution is 7.20. The molecule has 1 amide bonds. The summed E-state index contributed by atoms with van der Waals surface area (Å²) >= 11 is 1.46. The van der Waals surface area contributed by atoms with Crippen molar-refractivity contribution in [3.05, 3.63) is 42.0 Å². The van der Waals surface area contributed by atoms with Crippen LogP contribution in [0.4, 0.5) is 5.00 Å². The molecule has 1 aromatic heterocycles. The number of amides is 1. The standard InChI is InChI=1S/C23H25NO3S/c1-2-27-21(25)18-11-19(16-6-4-3-5-7-16)28-20(18)24-22(26)23-12-14-8-15(13-23)10-17(23)9-14/h3-7,11,14-15,17H,2,8-10,12-13H2,1H3,(H,24,26). The van der Waals surface area contributed by atoms with Crippen molar-refractivity contribution in [1.82, 2.24) is 0 Å². The van der Waals surface area contributed by atoms with Gasteiger partial charge in [0.05, 0.1) is 17.6 Å². The summed E-state index contributed by atoms with van der Waals surface area (Å²) in [5.74, 6) is 1.71. The first-order valence-corrected chi connectivity index (χ1v) is 11.1. The zero-order valence-corrected chi connectivity index (χ0v) is 16.9. The number of anilines is 1. The highest BCUT2D eigenvalue weighted by Gasteiger charge is 2.61. The van der Waals surface area contributed by atoms with E-state index in [9.17, 15) is 9.59 Å². The van der Waals surface area contributed by atoms with Crippen LogP contribution in [0.3, 0.4) is 0 Å². The summed E-state index contributed by atoms with van der Waals surface area (Å²) in [7, 11) is 0. The number of rotatable bonds is 5. The maximum atomic E-state index is 13.4. The highest BCUT2D eigenvalue weighted by Crippen LogP contribution is 2.65. The molecule has 146 valence electrons. The SMILES string of the molecule is CCOC(=O)c1cc(-c2ccccc2)sc1NC(=O)C12CC3CC(CC1C3)C2. The number of thiophene rings is 1. The molecule has 4 saturated carbocycles. The van der Waals surface area contributed by atoms with E-state index in [1.807, 2.05) is 36.4 Å². The van der Waals surface area contributed by atoms with Crippen LogP contribution in [-0.4, -0.2) is 18.5 Å². The van der Waals surface area contributed by atoms with Gasteiger partial charge in [-0.05, 0) is 68.4 Å². The smallest absolute Gasteiger partial charge is 0.341 e. The van der Waals surface area contributed by atoms with Gasteiger partial charge in [-0.15, -0.1) is 11.3 Å². The van der Waals surface area contributed by atoms with E-state index < -0.39 is 0 Å². The van der Waals surface area contributed by atoms with Crippen molar-refractivity contribution >= 4 is 28.2 Å². The van der Waals surface area contributed by atoms with Gasteiger partial charge in [-0.25, -0.2) is 4.79 Å². The van der Waals surface area contributed by atoms with Crippen LogP contribution in [0.15, 0.2) is 36.4 Å². The molecule has 4 nitrogen and oxygen atoms in total. The van der Waals surface area contributed by atoms with E-state index in [1.165, 1.54) is 30.6 Å². The number of esters is 1. The molecule has 0 aliphatic heterocycles. The molecule has 5 heteroatoms. The Balaban J connectivity index is 1.46. The van der Waals surface area contributed by atoms with Gasteiger partial charge in [0.15, 0.2) is 0 Å². The second kappa shape index (κ2) is 6.73. The summed E-state index contributed by atoms with van der Waals surface area (Å²) in [5.41, 5.74) is 1.29. The Morgan fingerprint density at radius 2 is 1.86 bits per heavy atom. The van der Waals surface area contributed by atoms with Crippen molar-refractivity contribution in [2.45, 2.75) is 39.0 Å². The lowest BCUT2D eigenvalue weighted by Gasteiger charge is -2.31. The molecule has 2 unspecified atom stereocenters. The summed E-state index contributed by atoms with van der Waals surface area (Å²) in [4.78, 5) is 26.9. The maximum Gasteiger partial charge on any atom is 0.341 e. The third-order valence-electron chi connectivity index (χ3n) is 6.95. The lowest BCUT2D eigenvalue weighted by Crippen LogP contribution is -2.37. The van der Waals surface area contributed by atoms with Crippen molar-refractivity contribution in [2.24, 2.45) is 23.2 Å². The molecule has 4 bridgehead atoms. The molecular formula is C23H25NO3S. The lowest BCUT2D eigenvalue weighted by molar-refractivity contribution is -0.127. The van der Waals surface area contributed by atoms with Gasteiger partial charge in [-0.1, -0.05) is 30.3 Å². The minimum absolute atomic E-state index is 0.120. The van der Waals surface area contributed by atoms with Gasteiger partial charge in [-0.2, -0.15) is 0 Å². The van der Waals surface area contributed by atoms with E-state index in [0.29, 0.717) is 23.1 Å². The quantitative estimate of drug-likeness (QED) is 0.694. The summed E-state index contributed by atoms with van der Waals surface area (Å²) in [6.45, 7) is 2.12. The molecule has 1 aromatic carbocycles. The van der Waals surface area contributed by atoms with Crippen molar-refractivity contribution < 1.29 is 14.3 Å². The molecule has 2 aromatic rings. The van der Waals surface area contributed by atoms with E-state index in [4.69, 9.17) is 4.74 Å². The maximum absolute atomic E-state index is 13.4. The molecule has 4 aliphatic carbocycles. The minimum atomic E-state index is -0.369. The van der Waals surface area contributed by atoms with Gasteiger partial charge in [-0.3, -0.25) is 4.79 Å². The molecule has 1 heterocycles. The van der Waals surface area contributed by atoms with Crippen LogP contribution in [0, 0.1) is 23.2 Å². The largest absolute Gasteiger partial charge is 0.462 e. The van der Waals surface area contributed by atoms with Gasteiger partial charge in [0.25, 0.3) is 0 Å². The van der Waals surface area contributed by atoms with Crippen molar-refractivity contribution in [1.29, 1.82) is 0 Å². The fraction of sp³-hybridized carbons (Fsp3) is 0.478. The highest BCUT2D eigenvalue weighted by atomic mass is 32.1. The van der Waals surface area contributed by atoms with Crippen LogP contribution in [0.25, 0.3) is 10.4 Å². The number of benzene rings is 1. The molecule has 4 aliphatic rings. The average Bonchev–Trinajstić information content (AvgIpc) is 3.30. The Bertz CT molecular complexity index is 905. The second-order valence-corrected chi connectivity index (χ2v) is 9.65. The summed E-state index contributed by atoms with van der Waals surface area (Å²) in [6, 6.07) is 11.8. The Kier molecular flexibility index (Phi) is 4.31. The van der Waals surface area contributed by atoms with Gasteiger partial charge < -0.3 is 10.1 Å². The molecule has 28 heavy (non-hydrogen) atoms. The molecule has 0 saturated heterocycles. The lowest BCUT2D eigenvalue weighted by atomic mass is 9.75. The number of hydrogen-bond donors (Lipinski definition) is 1. The monoisotopic (exact) mass is 395 g/mol. The Morgan fingerprint density at radius 3 is 2.54 bits per heavy atom. The fourth-order valence-electron chi connectivity index (χ4n) is 5.98. The average molecular weight is 396 g/mol. The van der Waals surface area contributed by atoms with Crippen molar-refractivity contribution in [3.63, 3.8) is 0 Å². The Labute approximate surface area is 169 Å². The summed E-state index contributed by atoms with van der Waals surface area (Å²) in [5, 5.41) is 3.79. The summed E-state index contributed by atoms with van der Waals surface area (Å²) < 4.78 is 5.25. The second-order valence-electron chi connectivity index (χ2n) is 8.59. The normalized spacial score (nSPS) is 29.8. The topological polar surface area (TPSA) is 55.4 Å². The van der Waals surface area contributed by atoms with Crippen molar-refractivity contribution in [3.8, 4) is 10.4 Å². The van der Waals surface area contributed by atoms with Crippen LogP contribution < -0.4 is 5.32 Å². The number of carbonyl (C=O) groups is 2. The molecular weight excluding hydrogens is 370 g/mol.